The highest BCUT2D eigenvalue weighted by molar-refractivity contribution is 9.10. The fraction of sp³-hybridized carbons (Fsp3) is 0.212. The summed E-state index contributed by atoms with van der Waals surface area (Å²) in [5.41, 5.74) is 2.66. The lowest BCUT2D eigenvalue weighted by atomic mass is 9.95. The zero-order chi connectivity index (χ0) is 32.2. The van der Waals surface area contributed by atoms with Gasteiger partial charge >= 0.3 is 5.97 Å². The number of ether oxygens (including phenoxy) is 4. The van der Waals surface area contributed by atoms with Crippen LogP contribution >= 0.6 is 38.9 Å². The first-order valence-corrected chi connectivity index (χ1v) is 15.7. The summed E-state index contributed by atoms with van der Waals surface area (Å²) >= 11 is 11.1. The second-order valence-electron chi connectivity index (χ2n) is 9.77. The van der Waals surface area contributed by atoms with E-state index in [2.05, 4.69) is 27.0 Å². The van der Waals surface area contributed by atoms with Crippen LogP contribution in [0.2, 0.25) is 5.02 Å². The molecular weight excluding hydrogens is 682 g/mol. The average molecular weight is 709 g/mol. The molecule has 0 spiro atoms. The summed E-state index contributed by atoms with van der Waals surface area (Å²) in [6.45, 7) is 3.72. The maximum absolute atomic E-state index is 14.2. The number of nitrogens with zero attached hydrogens (tertiary/aromatic N) is 3. The molecule has 1 aromatic heterocycles. The number of carbonyl (C=O) groups is 1. The number of aromatic nitrogens is 1. The molecule has 0 bridgehead atoms. The number of hydrogen-bond acceptors (Lipinski definition) is 9. The van der Waals surface area contributed by atoms with Gasteiger partial charge in [0.1, 0.15) is 12.4 Å². The Morgan fingerprint density at radius 3 is 2.58 bits per heavy atom. The van der Waals surface area contributed by atoms with Gasteiger partial charge in [0, 0.05) is 20.6 Å². The Hall–Kier alpha value is -4.37. The molecule has 0 aliphatic carbocycles. The van der Waals surface area contributed by atoms with Crippen molar-refractivity contribution in [2.45, 2.75) is 26.5 Å². The van der Waals surface area contributed by atoms with E-state index in [1.54, 1.807) is 62.4 Å². The topological polar surface area (TPSA) is 112 Å². The Bertz CT molecular complexity index is 2060. The third-order valence-electron chi connectivity index (χ3n) is 7.09. The average Bonchev–Trinajstić information content (AvgIpc) is 3.33. The van der Waals surface area contributed by atoms with Crippen molar-refractivity contribution >= 4 is 50.9 Å². The molecular formula is C33H27BrClN3O6S. The minimum atomic E-state index is -0.880. The van der Waals surface area contributed by atoms with Crippen molar-refractivity contribution in [3.63, 3.8) is 0 Å². The van der Waals surface area contributed by atoms with Crippen LogP contribution in [0.1, 0.15) is 42.1 Å². The summed E-state index contributed by atoms with van der Waals surface area (Å²) in [6.07, 6.45) is 1.69. The monoisotopic (exact) mass is 707 g/mol. The first kappa shape index (κ1) is 32.0. The molecule has 230 valence electrons. The first-order valence-electron chi connectivity index (χ1n) is 13.7. The van der Waals surface area contributed by atoms with E-state index in [0.717, 1.165) is 5.56 Å². The molecule has 12 heteroatoms. The van der Waals surface area contributed by atoms with E-state index in [1.165, 1.54) is 30.1 Å². The fourth-order valence-corrected chi connectivity index (χ4v) is 6.74. The van der Waals surface area contributed by atoms with Gasteiger partial charge in [-0.05, 0) is 61.9 Å². The Labute approximate surface area is 276 Å². The van der Waals surface area contributed by atoms with Crippen LogP contribution in [-0.2, 0) is 16.1 Å². The molecule has 0 N–H and O–H groups in total. The molecule has 1 aliphatic heterocycles. The number of fused-ring (bicyclic) bond motifs is 1. The smallest absolute Gasteiger partial charge is 0.338 e. The number of rotatable bonds is 9. The van der Waals surface area contributed by atoms with E-state index in [9.17, 15) is 14.9 Å². The molecule has 2 heterocycles. The number of carbonyl (C=O) groups excluding carboxylic acids is 1. The Morgan fingerprint density at radius 2 is 1.87 bits per heavy atom. The van der Waals surface area contributed by atoms with Crippen LogP contribution < -0.4 is 29.1 Å². The Kier molecular flexibility index (Phi) is 9.77. The number of methoxy groups -OCH3 is 2. The molecule has 0 unspecified atom stereocenters. The Balaban J connectivity index is 1.67. The molecule has 45 heavy (non-hydrogen) atoms. The van der Waals surface area contributed by atoms with Crippen molar-refractivity contribution in [1.29, 1.82) is 5.26 Å². The van der Waals surface area contributed by atoms with Gasteiger partial charge < -0.3 is 18.9 Å². The summed E-state index contributed by atoms with van der Waals surface area (Å²) < 4.78 is 25.0. The third-order valence-corrected chi connectivity index (χ3v) is 9.00. The van der Waals surface area contributed by atoms with Crippen LogP contribution in [0.15, 0.2) is 80.1 Å². The number of benzene rings is 3. The lowest BCUT2D eigenvalue weighted by Gasteiger charge is -2.26. The van der Waals surface area contributed by atoms with E-state index in [1.807, 2.05) is 12.1 Å². The molecule has 0 saturated heterocycles. The Morgan fingerprint density at radius 1 is 1.13 bits per heavy atom. The van der Waals surface area contributed by atoms with Gasteiger partial charge in [-0.25, -0.2) is 9.79 Å². The van der Waals surface area contributed by atoms with E-state index >= 15 is 0 Å². The number of esters is 1. The van der Waals surface area contributed by atoms with Crippen molar-refractivity contribution in [2.75, 3.05) is 20.8 Å². The van der Waals surface area contributed by atoms with Crippen LogP contribution in [0.4, 0.5) is 0 Å². The second-order valence-corrected chi connectivity index (χ2v) is 12.1. The normalized spacial score (nSPS) is 14.3. The second kappa shape index (κ2) is 13.7. The minimum absolute atomic E-state index is 0.142. The van der Waals surface area contributed by atoms with Crippen LogP contribution in [0.25, 0.3) is 6.08 Å². The van der Waals surface area contributed by atoms with Gasteiger partial charge in [0.05, 0.1) is 54.3 Å². The first-order chi connectivity index (χ1) is 21.7. The van der Waals surface area contributed by atoms with Gasteiger partial charge in [0.2, 0.25) is 0 Å². The van der Waals surface area contributed by atoms with Gasteiger partial charge in [-0.3, -0.25) is 9.36 Å². The highest BCUT2D eigenvalue weighted by Gasteiger charge is 2.35. The predicted molar refractivity (Wildman–Crippen MR) is 175 cm³/mol. The van der Waals surface area contributed by atoms with E-state index in [4.69, 9.17) is 30.5 Å². The predicted octanol–water partition coefficient (Wildman–Crippen LogP) is 5.68. The molecule has 1 aliphatic rings. The van der Waals surface area contributed by atoms with Gasteiger partial charge in [0.25, 0.3) is 5.56 Å². The highest BCUT2D eigenvalue weighted by Crippen LogP contribution is 2.40. The van der Waals surface area contributed by atoms with E-state index < -0.39 is 12.0 Å². The quantitative estimate of drug-likeness (QED) is 0.206. The lowest BCUT2D eigenvalue weighted by Crippen LogP contribution is -2.40. The lowest BCUT2D eigenvalue weighted by molar-refractivity contribution is -0.139. The molecule has 4 aromatic rings. The van der Waals surface area contributed by atoms with Gasteiger partial charge in [-0.2, -0.15) is 5.26 Å². The van der Waals surface area contributed by atoms with Crippen molar-refractivity contribution in [1.82, 2.24) is 4.57 Å². The number of hydrogen-bond donors (Lipinski definition) is 0. The molecule has 0 amide bonds. The number of allylic oxidation sites excluding steroid dienone is 1. The SMILES string of the molecule is CCOC(=O)C1=C(C)N=c2s/c(=C\c3cc(Cl)ccc3OCc3ccccc3C#N)c(=O)n2[C@@H]1c1cc(OC)c(OC)cc1Br. The highest BCUT2D eigenvalue weighted by atomic mass is 79.9. The van der Waals surface area contributed by atoms with Gasteiger partial charge in [-0.1, -0.05) is 57.1 Å². The minimum Gasteiger partial charge on any atom is -0.493 e. The van der Waals surface area contributed by atoms with E-state index in [0.29, 0.717) is 58.5 Å². The van der Waals surface area contributed by atoms with Gasteiger partial charge in [-0.15, -0.1) is 0 Å². The van der Waals surface area contributed by atoms with Crippen LogP contribution in [0.3, 0.4) is 0 Å². The molecule has 0 saturated carbocycles. The summed E-state index contributed by atoms with van der Waals surface area (Å²) in [5.74, 6) is 0.794. The summed E-state index contributed by atoms with van der Waals surface area (Å²) in [5, 5.41) is 9.92. The summed E-state index contributed by atoms with van der Waals surface area (Å²) in [7, 11) is 3.04. The molecule has 0 fully saturated rings. The zero-order valence-electron chi connectivity index (χ0n) is 24.7. The summed E-state index contributed by atoms with van der Waals surface area (Å²) in [4.78, 5) is 32.6. The van der Waals surface area contributed by atoms with Crippen molar-refractivity contribution in [3.05, 3.63) is 117 Å². The largest absolute Gasteiger partial charge is 0.493 e. The number of halogens is 2. The molecule has 1 atom stereocenters. The third kappa shape index (κ3) is 6.40. The van der Waals surface area contributed by atoms with Crippen molar-refractivity contribution in [3.8, 4) is 23.3 Å². The van der Waals surface area contributed by atoms with Crippen LogP contribution in [-0.4, -0.2) is 31.4 Å². The number of nitriles is 1. The number of thiazole rings is 1. The molecule has 3 aromatic carbocycles. The van der Waals surface area contributed by atoms with E-state index in [-0.39, 0.29) is 24.3 Å². The van der Waals surface area contributed by atoms with Crippen molar-refractivity contribution in [2.24, 2.45) is 4.99 Å². The molecule has 0 radical (unpaired) electrons. The summed E-state index contributed by atoms with van der Waals surface area (Å²) in [6, 6.07) is 17.0. The van der Waals surface area contributed by atoms with Crippen molar-refractivity contribution < 1.29 is 23.7 Å². The standard InChI is InChI=1S/C33H27BrClN3O6S/c1-5-43-32(40)29-18(2)37-33-38(30(29)23-14-26(41-3)27(42-4)15-24(23)34)31(39)28(45-33)13-21-12-22(35)10-11-25(21)44-17-20-9-7-6-8-19(20)16-36/h6-15,30H,5,17H2,1-4H3/b28-13-/t30-/m1/s1. The fourth-order valence-electron chi connectivity index (χ4n) is 4.98. The van der Waals surface area contributed by atoms with Gasteiger partial charge in [0.15, 0.2) is 16.3 Å². The maximum atomic E-state index is 14.2. The van der Waals surface area contributed by atoms with Crippen LogP contribution in [0, 0.1) is 11.3 Å². The zero-order valence-corrected chi connectivity index (χ0v) is 27.9. The molecule has 5 rings (SSSR count). The molecule has 9 nitrogen and oxygen atoms in total. The maximum Gasteiger partial charge on any atom is 0.338 e. The van der Waals surface area contributed by atoms with Crippen LogP contribution in [0.5, 0.6) is 17.2 Å².